The number of carbonyl (C=O) groups excluding carboxylic acids is 3. The first-order valence-electron chi connectivity index (χ1n) is 8.08. The summed E-state index contributed by atoms with van der Waals surface area (Å²) in [5.41, 5.74) is 4.29. The van der Waals surface area contributed by atoms with Crippen molar-refractivity contribution in [3.05, 3.63) is 64.2 Å². The van der Waals surface area contributed by atoms with Crippen LogP contribution >= 0.6 is 0 Å². The largest absolute Gasteiger partial charge is 0.454 e. The fourth-order valence-corrected chi connectivity index (χ4v) is 2.98. The molecule has 0 saturated heterocycles. The highest BCUT2D eigenvalue weighted by atomic mass is 16.5. The highest BCUT2D eigenvalue weighted by Gasteiger charge is 2.27. The first kappa shape index (κ1) is 16.9. The molecule has 0 spiro atoms. The van der Waals surface area contributed by atoms with Gasteiger partial charge in [0.25, 0.3) is 0 Å². The Kier molecular flexibility index (Phi) is 4.40. The Hall–Kier alpha value is -2.95. The van der Waals surface area contributed by atoms with E-state index in [-0.39, 0.29) is 24.2 Å². The first-order chi connectivity index (χ1) is 11.8. The van der Waals surface area contributed by atoms with Crippen LogP contribution in [0.15, 0.2) is 36.4 Å². The minimum Gasteiger partial charge on any atom is -0.454 e. The molecule has 1 aliphatic heterocycles. The van der Waals surface area contributed by atoms with Gasteiger partial charge in [-0.25, -0.2) is 4.79 Å². The number of ketones is 1. The van der Waals surface area contributed by atoms with Crippen LogP contribution in [0.4, 0.5) is 5.69 Å². The predicted molar refractivity (Wildman–Crippen MR) is 94.0 cm³/mol. The summed E-state index contributed by atoms with van der Waals surface area (Å²) in [6.45, 7) is 5.25. The van der Waals surface area contributed by atoms with Gasteiger partial charge in [-0.05, 0) is 56.7 Å². The average Bonchev–Trinajstić information content (AvgIpc) is 2.85. The van der Waals surface area contributed by atoms with E-state index in [2.05, 4.69) is 5.32 Å². The predicted octanol–water partition coefficient (Wildman–Crippen LogP) is 3.40. The zero-order valence-electron chi connectivity index (χ0n) is 14.4. The summed E-state index contributed by atoms with van der Waals surface area (Å²) < 4.78 is 5.15. The number of rotatable bonds is 4. The number of esters is 1. The fraction of sp³-hybridized carbons (Fsp3) is 0.250. The van der Waals surface area contributed by atoms with E-state index >= 15 is 0 Å². The van der Waals surface area contributed by atoms with E-state index in [0.717, 1.165) is 22.4 Å². The molecule has 0 radical (unpaired) electrons. The number of fused-ring (bicyclic) bond motifs is 1. The third kappa shape index (κ3) is 3.45. The Morgan fingerprint density at radius 2 is 1.72 bits per heavy atom. The van der Waals surface area contributed by atoms with E-state index in [0.29, 0.717) is 11.1 Å². The molecule has 0 fully saturated rings. The van der Waals surface area contributed by atoms with Gasteiger partial charge in [-0.2, -0.15) is 0 Å². The molecule has 0 aromatic heterocycles. The van der Waals surface area contributed by atoms with E-state index in [9.17, 15) is 14.4 Å². The Morgan fingerprint density at radius 3 is 2.40 bits per heavy atom. The Morgan fingerprint density at radius 1 is 1.04 bits per heavy atom. The lowest BCUT2D eigenvalue weighted by Gasteiger charge is -2.08. The number of carbonyl (C=O) groups is 3. The zero-order valence-corrected chi connectivity index (χ0v) is 14.4. The lowest BCUT2D eigenvalue weighted by Crippen LogP contribution is -2.14. The summed E-state index contributed by atoms with van der Waals surface area (Å²) >= 11 is 0. The lowest BCUT2D eigenvalue weighted by molar-refractivity contribution is -0.116. The van der Waals surface area contributed by atoms with E-state index in [1.165, 1.54) is 0 Å². The molecular weight excluding hydrogens is 318 g/mol. The van der Waals surface area contributed by atoms with Gasteiger partial charge >= 0.3 is 5.97 Å². The molecule has 0 aliphatic carbocycles. The molecule has 1 N–H and O–H groups in total. The van der Waals surface area contributed by atoms with Gasteiger partial charge in [0.1, 0.15) is 0 Å². The molecule has 1 amide bonds. The number of hydrogen-bond acceptors (Lipinski definition) is 4. The molecule has 0 bridgehead atoms. The highest BCUT2D eigenvalue weighted by molar-refractivity contribution is 6.05. The van der Waals surface area contributed by atoms with Gasteiger partial charge in [-0.15, -0.1) is 0 Å². The maximum Gasteiger partial charge on any atom is 0.338 e. The number of hydrogen-bond donors (Lipinski definition) is 1. The highest BCUT2D eigenvalue weighted by Crippen LogP contribution is 2.32. The molecule has 1 atom stereocenters. The van der Waals surface area contributed by atoms with Crippen LogP contribution in [-0.2, 0) is 9.53 Å². The standard InChI is InChI=1S/C20H19NO4/c1-11-6-12(2)8-15(7-11)20(24)25-10-18(22)14-4-5-17-16(9-14)13(3)19(23)21-17/h4-9,13H,10H2,1-3H3,(H,21,23)/t13-/m0/s1. The number of ether oxygens (including phenoxy) is 1. The molecule has 2 aromatic rings. The van der Waals surface area contributed by atoms with Crippen molar-refractivity contribution in [2.75, 3.05) is 11.9 Å². The molecule has 1 aliphatic rings. The Labute approximate surface area is 146 Å². The fourth-order valence-electron chi connectivity index (χ4n) is 2.98. The Bertz CT molecular complexity index is 865. The lowest BCUT2D eigenvalue weighted by atomic mass is 9.99. The van der Waals surface area contributed by atoms with E-state index in [1.54, 1.807) is 37.3 Å². The summed E-state index contributed by atoms with van der Waals surface area (Å²) in [6.07, 6.45) is 0. The molecule has 25 heavy (non-hydrogen) atoms. The van der Waals surface area contributed by atoms with Crippen molar-refractivity contribution in [2.24, 2.45) is 0 Å². The summed E-state index contributed by atoms with van der Waals surface area (Å²) in [6, 6.07) is 10.4. The summed E-state index contributed by atoms with van der Waals surface area (Å²) in [5, 5.41) is 2.76. The normalized spacial score (nSPS) is 15.5. The van der Waals surface area contributed by atoms with Crippen molar-refractivity contribution in [1.82, 2.24) is 0 Å². The second-order valence-corrected chi connectivity index (χ2v) is 6.39. The van der Waals surface area contributed by atoms with E-state index in [4.69, 9.17) is 4.74 Å². The van der Waals surface area contributed by atoms with Crippen LogP contribution < -0.4 is 5.32 Å². The maximum atomic E-state index is 12.3. The molecule has 5 heteroatoms. The number of Topliss-reactive ketones (excluding diaryl/α,β-unsaturated/α-hetero) is 1. The van der Waals surface area contributed by atoms with E-state index in [1.807, 2.05) is 19.9 Å². The quantitative estimate of drug-likeness (QED) is 0.685. The number of anilines is 1. The molecule has 3 rings (SSSR count). The van der Waals surface area contributed by atoms with Gasteiger partial charge in [0, 0.05) is 11.3 Å². The van der Waals surface area contributed by atoms with Crippen LogP contribution in [-0.4, -0.2) is 24.3 Å². The van der Waals surface area contributed by atoms with Gasteiger partial charge in [-0.1, -0.05) is 17.2 Å². The minimum atomic E-state index is -0.522. The number of nitrogens with one attached hydrogen (secondary N) is 1. The molecule has 5 nitrogen and oxygen atoms in total. The maximum absolute atomic E-state index is 12.3. The van der Waals surface area contributed by atoms with Gasteiger partial charge in [-0.3, -0.25) is 9.59 Å². The Balaban J connectivity index is 1.69. The van der Waals surface area contributed by atoms with Crippen molar-refractivity contribution in [1.29, 1.82) is 0 Å². The smallest absolute Gasteiger partial charge is 0.338 e. The van der Waals surface area contributed by atoms with Gasteiger partial charge in [0.15, 0.2) is 12.4 Å². The molecule has 2 aromatic carbocycles. The first-order valence-corrected chi connectivity index (χ1v) is 8.08. The monoisotopic (exact) mass is 337 g/mol. The second-order valence-electron chi connectivity index (χ2n) is 6.39. The topological polar surface area (TPSA) is 72.5 Å². The number of aryl methyl sites for hydroxylation is 2. The zero-order chi connectivity index (χ0) is 18.1. The summed E-state index contributed by atoms with van der Waals surface area (Å²) in [7, 11) is 0. The van der Waals surface area contributed by atoms with Gasteiger partial charge < -0.3 is 10.1 Å². The van der Waals surface area contributed by atoms with Crippen LogP contribution in [0, 0.1) is 13.8 Å². The van der Waals surface area contributed by atoms with Crippen molar-refractivity contribution >= 4 is 23.3 Å². The van der Waals surface area contributed by atoms with Crippen LogP contribution in [0.5, 0.6) is 0 Å². The third-order valence-corrected chi connectivity index (χ3v) is 4.28. The van der Waals surface area contributed by atoms with Gasteiger partial charge in [0.05, 0.1) is 11.5 Å². The van der Waals surface area contributed by atoms with Crippen molar-refractivity contribution < 1.29 is 19.1 Å². The molecular formula is C20H19NO4. The summed E-state index contributed by atoms with van der Waals surface area (Å²) in [4.78, 5) is 36.1. The van der Waals surface area contributed by atoms with Crippen molar-refractivity contribution in [3.8, 4) is 0 Å². The second kappa shape index (κ2) is 6.51. The number of amides is 1. The van der Waals surface area contributed by atoms with Gasteiger partial charge in [0.2, 0.25) is 5.91 Å². The van der Waals surface area contributed by atoms with Crippen LogP contribution in [0.1, 0.15) is 50.2 Å². The third-order valence-electron chi connectivity index (χ3n) is 4.28. The molecule has 0 saturated carbocycles. The van der Waals surface area contributed by atoms with E-state index < -0.39 is 5.97 Å². The molecule has 0 unspecified atom stereocenters. The van der Waals surface area contributed by atoms with Crippen molar-refractivity contribution in [2.45, 2.75) is 26.7 Å². The number of benzene rings is 2. The van der Waals surface area contributed by atoms with Crippen LogP contribution in [0.25, 0.3) is 0 Å². The van der Waals surface area contributed by atoms with Crippen LogP contribution in [0.3, 0.4) is 0 Å². The molecule has 128 valence electrons. The average molecular weight is 337 g/mol. The van der Waals surface area contributed by atoms with Crippen molar-refractivity contribution in [3.63, 3.8) is 0 Å². The van der Waals surface area contributed by atoms with Crippen LogP contribution in [0.2, 0.25) is 0 Å². The summed E-state index contributed by atoms with van der Waals surface area (Å²) in [5.74, 6) is -1.19. The minimum absolute atomic E-state index is 0.0826. The SMILES string of the molecule is Cc1cc(C)cc(C(=O)OCC(=O)c2ccc3c(c2)[C@H](C)C(=O)N3)c1. The molecule has 1 heterocycles.